The SMILES string of the molecule is O=[N+]([O-])c1ccc([C@H]2[C@@H]3C(c4ccc(Br)cc4)=Nc4ccc([N+](=O)[O-])cc4N32)cc1. The molecule has 0 aromatic heterocycles. The van der Waals surface area contributed by atoms with Gasteiger partial charge in [-0.3, -0.25) is 20.2 Å². The Labute approximate surface area is 178 Å². The molecular weight excluding hydrogens is 452 g/mol. The van der Waals surface area contributed by atoms with Gasteiger partial charge in [0.15, 0.2) is 0 Å². The summed E-state index contributed by atoms with van der Waals surface area (Å²) in [6.45, 7) is 0. The molecule has 8 nitrogen and oxygen atoms in total. The highest BCUT2D eigenvalue weighted by atomic mass is 79.9. The highest BCUT2D eigenvalue weighted by Crippen LogP contribution is 2.55. The van der Waals surface area contributed by atoms with Crippen molar-refractivity contribution in [2.75, 3.05) is 4.90 Å². The van der Waals surface area contributed by atoms with E-state index in [4.69, 9.17) is 4.99 Å². The third kappa shape index (κ3) is 2.94. The first kappa shape index (κ1) is 18.4. The van der Waals surface area contributed by atoms with Crippen molar-refractivity contribution in [3.8, 4) is 0 Å². The molecular formula is C21H13BrN4O4. The van der Waals surface area contributed by atoms with Gasteiger partial charge in [-0.05, 0) is 29.3 Å². The van der Waals surface area contributed by atoms with Crippen LogP contribution in [0.2, 0.25) is 0 Å². The van der Waals surface area contributed by atoms with Gasteiger partial charge in [0.1, 0.15) is 0 Å². The third-order valence-corrected chi connectivity index (χ3v) is 5.89. The normalized spacial score (nSPS) is 18.8. The smallest absolute Gasteiger partial charge is 0.271 e. The maximum atomic E-state index is 11.3. The van der Waals surface area contributed by atoms with E-state index in [9.17, 15) is 20.2 Å². The Morgan fingerprint density at radius 1 is 0.833 bits per heavy atom. The molecule has 0 bridgehead atoms. The van der Waals surface area contributed by atoms with E-state index >= 15 is 0 Å². The van der Waals surface area contributed by atoms with Gasteiger partial charge < -0.3 is 4.90 Å². The van der Waals surface area contributed by atoms with Gasteiger partial charge in [0.2, 0.25) is 0 Å². The molecule has 3 aromatic rings. The molecule has 0 saturated carbocycles. The molecule has 1 saturated heterocycles. The van der Waals surface area contributed by atoms with Crippen molar-refractivity contribution in [2.45, 2.75) is 12.1 Å². The molecule has 2 heterocycles. The molecule has 0 amide bonds. The Bertz CT molecular complexity index is 1220. The number of fused-ring (bicyclic) bond motifs is 3. The molecule has 2 aliphatic heterocycles. The summed E-state index contributed by atoms with van der Waals surface area (Å²) in [5, 5.41) is 22.2. The summed E-state index contributed by atoms with van der Waals surface area (Å²) in [5.41, 5.74) is 4.11. The fraction of sp³-hybridized carbons (Fsp3) is 0.0952. The number of halogens is 1. The first-order valence-electron chi connectivity index (χ1n) is 9.10. The Morgan fingerprint density at radius 3 is 2.10 bits per heavy atom. The number of anilines is 1. The van der Waals surface area contributed by atoms with Crippen LogP contribution in [0.4, 0.5) is 22.7 Å². The Balaban J connectivity index is 1.61. The van der Waals surface area contributed by atoms with Crippen molar-refractivity contribution in [3.05, 3.63) is 103 Å². The molecule has 1 fully saturated rings. The van der Waals surface area contributed by atoms with E-state index in [-0.39, 0.29) is 23.5 Å². The molecule has 30 heavy (non-hydrogen) atoms. The van der Waals surface area contributed by atoms with Gasteiger partial charge in [-0.25, -0.2) is 4.99 Å². The number of non-ortho nitro benzene ring substituents is 2. The Morgan fingerprint density at radius 2 is 1.47 bits per heavy atom. The third-order valence-electron chi connectivity index (χ3n) is 5.36. The van der Waals surface area contributed by atoms with Gasteiger partial charge in [-0.1, -0.05) is 40.2 Å². The van der Waals surface area contributed by atoms with Crippen LogP contribution in [0, 0.1) is 20.2 Å². The maximum Gasteiger partial charge on any atom is 0.271 e. The van der Waals surface area contributed by atoms with Gasteiger partial charge in [0.25, 0.3) is 11.4 Å². The van der Waals surface area contributed by atoms with Gasteiger partial charge in [0, 0.05) is 28.7 Å². The van der Waals surface area contributed by atoms with E-state index in [1.54, 1.807) is 18.2 Å². The number of benzene rings is 3. The van der Waals surface area contributed by atoms with Crippen LogP contribution in [-0.2, 0) is 0 Å². The van der Waals surface area contributed by atoms with Gasteiger partial charge in [-0.15, -0.1) is 0 Å². The summed E-state index contributed by atoms with van der Waals surface area (Å²) in [4.78, 5) is 28.3. The molecule has 148 valence electrons. The monoisotopic (exact) mass is 464 g/mol. The van der Waals surface area contributed by atoms with Crippen molar-refractivity contribution < 1.29 is 9.85 Å². The number of nitro groups is 2. The summed E-state index contributed by atoms with van der Waals surface area (Å²) >= 11 is 3.44. The molecule has 0 N–H and O–H groups in total. The van der Waals surface area contributed by atoms with Gasteiger partial charge in [-0.2, -0.15) is 0 Å². The lowest BCUT2D eigenvalue weighted by Gasteiger charge is -2.17. The topological polar surface area (TPSA) is 102 Å². The van der Waals surface area contributed by atoms with E-state index in [0.29, 0.717) is 11.4 Å². The van der Waals surface area contributed by atoms with E-state index in [1.165, 1.54) is 24.3 Å². The predicted molar refractivity (Wildman–Crippen MR) is 116 cm³/mol. The highest BCUT2D eigenvalue weighted by Gasteiger charge is 2.55. The van der Waals surface area contributed by atoms with Gasteiger partial charge in [0.05, 0.1) is 39.0 Å². The number of hydrogen-bond donors (Lipinski definition) is 0. The van der Waals surface area contributed by atoms with Crippen molar-refractivity contribution in [1.82, 2.24) is 0 Å². The zero-order valence-corrected chi connectivity index (χ0v) is 16.9. The van der Waals surface area contributed by atoms with Crippen molar-refractivity contribution in [1.29, 1.82) is 0 Å². The molecule has 0 spiro atoms. The second kappa shape index (κ2) is 6.74. The number of aliphatic imine (C=N–C) groups is 1. The summed E-state index contributed by atoms with van der Waals surface area (Å²) in [6, 6.07) is 18.7. The van der Waals surface area contributed by atoms with Gasteiger partial charge >= 0.3 is 0 Å². The molecule has 2 aliphatic rings. The van der Waals surface area contributed by atoms with Crippen LogP contribution in [0.1, 0.15) is 17.2 Å². The Hall–Kier alpha value is -3.59. The lowest BCUT2D eigenvalue weighted by Crippen LogP contribution is -2.17. The highest BCUT2D eigenvalue weighted by molar-refractivity contribution is 9.10. The standard InChI is InChI=1S/C21H13BrN4O4/c22-14-5-1-12(2-6-14)19-21-20(13-3-7-15(8-4-13)25(27)28)24(21)18-11-16(26(29)30)9-10-17(18)23-19/h1-11,20-21H/t20-,21-,24?/m0/s1. The summed E-state index contributed by atoms with van der Waals surface area (Å²) < 4.78 is 0.957. The van der Waals surface area contributed by atoms with Crippen LogP contribution in [-0.4, -0.2) is 21.6 Å². The summed E-state index contributed by atoms with van der Waals surface area (Å²) in [6.07, 6.45) is 0. The fourth-order valence-electron chi connectivity index (χ4n) is 3.93. The minimum absolute atomic E-state index is 0.00383. The van der Waals surface area contributed by atoms with Crippen LogP contribution in [0.5, 0.6) is 0 Å². The number of hydrogen-bond acceptors (Lipinski definition) is 6. The summed E-state index contributed by atoms with van der Waals surface area (Å²) in [5.74, 6) is 0. The van der Waals surface area contributed by atoms with E-state index < -0.39 is 9.85 Å². The number of nitro benzene ring substituents is 2. The average Bonchev–Trinajstić information content (AvgIpc) is 3.49. The van der Waals surface area contributed by atoms with Crippen LogP contribution >= 0.6 is 15.9 Å². The molecule has 3 aromatic carbocycles. The van der Waals surface area contributed by atoms with Crippen molar-refractivity contribution in [2.24, 2.45) is 4.99 Å². The van der Waals surface area contributed by atoms with E-state index in [2.05, 4.69) is 20.8 Å². The second-order valence-corrected chi connectivity index (χ2v) is 8.00. The lowest BCUT2D eigenvalue weighted by atomic mass is 10.0. The zero-order valence-electron chi connectivity index (χ0n) is 15.3. The van der Waals surface area contributed by atoms with Crippen LogP contribution in [0.15, 0.2) is 76.2 Å². The molecule has 5 rings (SSSR count). The summed E-state index contributed by atoms with van der Waals surface area (Å²) in [7, 11) is 0. The second-order valence-electron chi connectivity index (χ2n) is 7.08. The lowest BCUT2D eigenvalue weighted by molar-refractivity contribution is -0.385. The molecule has 2 atom stereocenters. The zero-order chi connectivity index (χ0) is 21.0. The number of nitrogens with zero attached hydrogens (tertiary/aromatic N) is 4. The first-order valence-corrected chi connectivity index (χ1v) is 9.89. The van der Waals surface area contributed by atoms with Crippen LogP contribution in [0.3, 0.4) is 0 Å². The predicted octanol–water partition coefficient (Wildman–Crippen LogP) is 5.33. The minimum atomic E-state index is -0.433. The van der Waals surface area contributed by atoms with Crippen LogP contribution in [0.25, 0.3) is 0 Å². The van der Waals surface area contributed by atoms with E-state index in [1.807, 2.05) is 24.3 Å². The molecule has 9 heteroatoms. The maximum absolute atomic E-state index is 11.3. The average molecular weight is 465 g/mol. The van der Waals surface area contributed by atoms with Crippen molar-refractivity contribution >= 4 is 44.4 Å². The van der Waals surface area contributed by atoms with Crippen LogP contribution < -0.4 is 4.90 Å². The molecule has 0 aliphatic carbocycles. The fourth-order valence-corrected chi connectivity index (χ4v) is 4.19. The first-order chi connectivity index (χ1) is 14.4. The Kier molecular flexibility index (Phi) is 4.14. The van der Waals surface area contributed by atoms with Crippen molar-refractivity contribution in [3.63, 3.8) is 0 Å². The minimum Gasteiger partial charge on any atom is -0.349 e. The molecule has 0 unspecified atom stereocenters. The number of rotatable bonds is 4. The molecule has 0 radical (unpaired) electrons. The largest absolute Gasteiger partial charge is 0.349 e. The van der Waals surface area contributed by atoms with E-state index in [0.717, 1.165) is 21.3 Å². The quantitative estimate of drug-likeness (QED) is 0.295.